The lowest BCUT2D eigenvalue weighted by atomic mass is 9.74. The van der Waals surface area contributed by atoms with E-state index in [1.54, 1.807) is 0 Å². The molecule has 0 radical (unpaired) electrons. The molecule has 2 fully saturated rings. The molecule has 1 spiro atoms. The van der Waals surface area contributed by atoms with Crippen molar-refractivity contribution < 1.29 is 0 Å². The van der Waals surface area contributed by atoms with Gasteiger partial charge in [0.2, 0.25) is 0 Å². The average Bonchev–Trinajstić information content (AvgIpc) is 2.81. The third-order valence-electron chi connectivity index (χ3n) is 4.22. The van der Waals surface area contributed by atoms with Gasteiger partial charge in [-0.3, -0.25) is 0 Å². The van der Waals surface area contributed by atoms with Crippen molar-refractivity contribution in [3.63, 3.8) is 0 Å². The zero-order valence-corrected chi connectivity index (χ0v) is 8.74. The summed E-state index contributed by atoms with van der Waals surface area (Å²) in [4.78, 5) is 0. The first-order valence-corrected chi connectivity index (χ1v) is 5.93. The topological polar surface area (TPSA) is 0 Å². The summed E-state index contributed by atoms with van der Waals surface area (Å²) in [5.41, 5.74) is 0.731. The smallest absolute Gasteiger partial charge is 0.0257 e. The van der Waals surface area contributed by atoms with E-state index in [0.717, 1.165) is 23.1 Å². The van der Waals surface area contributed by atoms with E-state index in [1.807, 2.05) is 0 Å². The van der Waals surface area contributed by atoms with Crippen molar-refractivity contribution in [1.82, 2.24) is 0 Å². The van der Waals surface area contributed by atoms with E-state index < -0.39 is 0 Å². The van der Waals surface area contributed by atoms with Crippen molar-refractivity contribution in [3.05, 3.63) is 0 Å². The molecule has 2 aliphatic rings. The minimum atomic E-state index is 0.731. The minimum absolute atomic E-state index is 0.731. The molecule has 70 valence electrons. The van der Waals surface area contributed by atoms with Crippen LogP contribution in [0.2, 0.25) is 0 Å². The number of halogens is 1. The van der Waals surface area contributed by atoms with Crippen molar-refractivity contribution >= 4 is 11.6 Å². The van der Waals surface area contributed by atoms with Crippen LogP contribution in [0, 0.1) is 17.3 Å². The van der Waals surface area contributed by atoms with Crippen LogP contribution in [0.3, 0.4) is 0 Å². The van der Waals surface area contributed by atoms with E-state index in [1.165, 1.54) is 38.5 Å². The monoisotopic (exact) mass is 186 g/mol. The molecule has 0 aromatic carbocycles. The highest BCUT2D eigenvalue weighted by Crippen LogP contribution is 2.65. The van der Waals surface area contributed by atoms with E-state index in [-0.39, 0.29) is 0 Å². The maximum atomic E-state index is 5.94. The van der Waals surface area contributed by atoms with Gasteiger partial charge in [-0.05, 0) is 36.5 Å². The molecule has 0 saturated heterocycles. The summed E-state index contributed by atoms with van der Waals surface area (Å²) < 4.78 is 0. The van der Waals surface area contributed by atoms with Gasteiger partial charge in [0.15, 0.2) is 0 Å². The van der Waals surface area contributed by atoms with Gasteiger partial charge in [-0.1, -0.05) is 26.2 Å². The van der Waals surface area contributed by atoms with E-state index in [2.05, 4.69) is 6.92 Å². The summed E-state index contributed by atoms with van der Waals surface area (Å²) in [5, 5.41) is 0. The highest BCUT2D eigenvalue weighted by molar-refractivity contribution is 6.18. The summed E-state index contributed by atoms with van der Waals surface area (Å²) in [6.07, 6.45) is 8.70. The van der Waals surface area contributed by atoms with Crippen LogP contribution in [0.4, 0.5) is 0 Å². The first-order valence-electron chi connectivity index (χ1n) is 5.39. The van der Waals surface area contributed by atoms with Crippen molar-refractivity contribution in [1.29, 1.82) is 0 Å². The molecule has 0 bridgehead atoms. The van der Waals surface area contributed by atoms with Gasteiger partial charge >= 0.3 is 0 Å². The Balaban J connectivity index is 2.02. The second-order valence-corrected chi connectivity index (χ2v) is 4.95. The average molecular weight is 187 g/mol. The van der Waals surface area contributed by atoms with Crippen molar-refractivity contribution in [2.75, 3.05) is 5.88 Å². The lowest BCUT2D eigenvalue weighted by molar-refractivity contribution is 0.191. The van der Waals surface area contributed by atoms with Gasteiger partial charge in [-0.2, -0.15) is 0 Å². The first-order chi connectivity index (χ1) is 5.83. The Morgan fingerprint density at radius 1 is 1.33 bits per heavy atom. The van der Waals surface area contributed by atoms with Crippen LogP contribution in [0.15, 0.2) is 0 Å². The van der Waals surface area contributed by atoms with Crippen LogP contribution in [-0.2, 0) is 0 Å². The van der Waals surface area contributed by atoms with Crippen molar-refractivity contribution in [2.45, 2.75) is 45.4 Å². The molecule has 2 aliphatic carbocycles. The van der Waals surface area contributed by atoms with Gasteiger partial charge in [0.05, 0.1) is 0 Å². The highest BCUT2D eigenvalue weighted by Gasteiger charge is 2.57. The van der Waals surface area contributed by atoms with E-state index in [0.29, 0.717) is 0 Å². The molecule has 0 heterocycles. The molecule has 3 unspecified atom stereocenters. The first kappa shape index (κ1) is 8.87. The summed E-state index contributed by atoms with van der Waals surface area (Å²) in [6.45, 7) is 2.35. The Bertz CT molecular complexity index is 166. The van der Waals surface area contributed by atoms with Gasteiger partial charge in [0, 0.05) is 5.88 Å². The fourth-order valence-electron chi connectivity index (χ4n) is 3.36. The minimum Gasteiger partial charge on any atom is -0.126 e. The zero-order valence-electron chi connectivity index (χ0n) is 7.98. The quantitative estimate of drug-likeness (QED) is 0.575. The summed E-state index contributed by atoms with van der Waals surface area (Å²) in [7, 11) is 0. The standard InChI is InChI=1S/C11H19Cl/c1-2-9-5-3-4-6-11(9)7-10(11)8-12/h9-10H,2-8H2,1H3. The molecular weight excluding hydrogens is 168 g/mol. The fourth-order valence-corrected chi connectivity index (χ4v) is 3.78. The van der Waals surface area contributed by atoms with Gasteiger partial charge in [-0.25, -0.2) is 0 Å². The Kier molecular flexibility index (Phi) is 2.37. The molecule has 0 aromatic rings. The predicted octanol–water partition coefficient (Wildman–Crippen LogP) is 3.83. The largest absolute Gasteiger partial charge is 0.126 e. The second kappa shape index (κ2) is 3.21. The van der Waals surface area contributed by atoms with Gasteiger partial charge in [0.1, 0.15) is 0 Å². The maximum absolute atomic E-state index is 5.94. The molecule has 2 rings (SSSR count). The molecule has 3 atom stereocenters. The Morgan fingerprint density at radius 3 is 2.75 bits per heavy atom. The van der Waals surface area contributed by atoms with Gasteiger partial charge in [-0.15, -0.1) is 11.6 Å². The lowest BCUT2D eigenvalue weighted by Gasteiger charge is -2.32. The van der Waals surface area contributed by atoms with E-state index >= 15 is 0 Å². The van der Waals surface area contributed by atoms with Crippen molar-refractivity contribution in [3.8, 4) is 0 Å². The van der Waals surface area contributed by atoms with Gasteiger partial charge < -0.3 is 0 Å². The lowest BCUT2D eigenvalue weighted by Crippen LogP contribution is -2.22. The second-order valence-electron chi connectivity index (χ2n) is 4.64. The van der Waals surface area contributed by atoms with E-state index in [4.69, 9.17) is 11.6 Å². The molecule has 0 amide bonds. The maximum Gasteiger partial charge on any atom is 0.0257 e. The molecule has 0 aliphatic heterocycles. The SMILES string of the molecule is CCC1CCCCC12CC2CCl. The molecule has 0 nitrogen and oxygen atoms in total. The fraction of sp³-hybridized carbons (Fsp3) is 1.00. The summed E-state index contributed by atoms with van der Waals surface area (Å²) in [5.74, 6) is 2.80. The molecule has 12 heavy (non-hydrogen) atoms. The van der Waals surface area contributed by atoms with Crippen LogP contribution >= 0.6 is 11.6 Å². The molecule has 1 heteroatoms. The summed E-state index contributed by atoms with van der Waals surface area (Å²) in [6, 6.07) is 0. The highest BCUT2D eigenvalue weighted by atomic mass is 35.5. The Hall–Kier alpha value is 0.290. The van der Waals surface area contributed by atoms with Crippen LogP contribution in [0.25, 0.3) is 0 Å². The predicted molar refractivity (Wildman–Crippen MR) is 53.5 cm³/mol. The van der Waals surface area contributed by atoms with Crippen LogP contribution < -0.4 is 0 Å². The third-order valence-corrected chi connectivity index (χ3v) is 4.59. The third kappa shape index (κ3) is 1.19. The number of hydrogen-bond acceptors (Lipinski definition) is 0. The van der Waals surface area contributed by atoms with E-state index in [9.17, 15) is 0 Å². The van der Waals surface area contributed by atoms with Gasteiger partial charge in [0.25, 0.3) is 0 Å². The Morgan fingerprint density at radius 2 is 2.17 bits per heavy atom. The molecule has 2 saturated carbocycles. The number of alkyl halides is 1. The molecular formula is C11H19Cl. The Labute approximate surface area is 80.7 Å². The van der Waals surface area contributed by atoms with Crippen molar-refractivity contribution in [2.24, 2.45) is 17.3 Å². The van der Waals surface area contributed by atoms with Crippen LogP contribution in [-0.4, -0.2) is 5.88 Å². The summed E-state index contributed by atoms with van der Waals surface area (Å²) >= 11 is 5.94. The number of rotatable bonds is 2. The molecule has 0 N–H and O–H groups in total. The normalized spacial score (nSPS) is 46.5. The molecule has 0 aromatic heterocycles. The van der Waals surface area contributed by atoms with Crippen LogP contribution in [0.1, 0.15) is 45.4 Å². The van der Waals surface area contributed by atoms with Crippen LogP contribution in [0.5, 0.6) is 0 Å². The zero-order chi connectivity index (χ0) is 8.60. The number of hydrogen-bond donors (Lipinski definition) is 0.